The molecule has 0 radical (unpaired) electrons. The van der Waals surface area contributed by atoms with Gasteiger partial charge in [0, 0.05) is 19.7 Å². The van der Waals surface area contributed by atoms with Gasteiger partial charge in [0.1, 0.15) is 0 Å². The average Bonchev–Trinajstić information content (AvgIpc) is 2.29. The molecule has 0 aromatic heterocycles. The highest BCUT2D eigenvalue weighted by Crippen LogP contribution is 2.22. The molecule has 1 amide bonds. The first-order valence-electron chi connectivity index (χ1n) is 5.31. The van der Waals surface area contributed by atoms with Crippen LogP contribution in [0.4, 0.5) is 0 Å². The predicted octanol–water partition coefficient (Wildman–Crippen LogP) is 2.85. The first-order chi connectivity index (χ1) is 7.61. The molecule has 82 valence electrons. The van der Waals surface area contributed by atoms with Crippen molar-refractivity contribution in [2.75, 3.05) is 14.1 Å². The molecule has 0 aliphatic carbocycles. The second-order valence-corrected chi connectivity index (χ2v) is 4.16. The van der Waals surface area contributed by atoms with Crippen molar-refractivity contribution in [2.45, 2.75) is 6.92 Å². The van der Waals surface area contributed by atoms with E-state index in [4.69, 9.17) is 0 Å². The molecule has 2 nitrogen and oxygen atoms in total. The number of carbonyl (C=O) groups is 1. The summed E-state index contributed by atoms with van der Waals surface area (Å²) < 4.78 is 0. The third-order valence-corrected chi connectivity index (χ3v) is 2.83. The van der Waals surface area contributed by atoms with Crippen LogP contribution in [0.3, 0.4) is 0 Å². The van der Waals surface area contributed by atoms with Crippen LogP contribution in [0.1, 0.15) is 15.9 Å². The maximum atomic E-state index is 11.9. The van der Waals surface area contributed by atoms with Crippen LogP contribution in [0.2, 0.25) is 0 Å². The van der Waals surface area contributed by atoms with Gasteiger partial charge in [-0.2, -0.15) is 0 Å². The Hall–Kier alpha value is -1.83. The SMILES string of the molecule is Cc1c(C(=O)N(C)C)ccc2ccccc12. The van der Waals surface area contributed by atoms with Gasteiger partial charge in [-0.05, 0) is 29.3 Å². The molecule has 0 aliphatic heterocycles. The monoisotopic (exact) mass is 213 g/mol. The molecular weight excluding hydrogens is 198 g/mol. The molecule has 0 spiro atoms. The Bertz CT molecular complexity index is 543. The zero-order valence-electron chi connectivity index (χ0n) is 9.82. The normalized spacial score (nSPS) is 10.4. The molecule has 2 heteroatoms. The van der Waals surface area contributed by atoms with Crippen molar-refractivity contribution < 1.29 is 4.79 Å². The van der Waals surface area contributed by atoms with Crippen molar-refractivity contribution in [3.05, 3.63) is 47.5 Å². The van der Waals surface area contributed by atoms with E-state index in [-0.39, 0.29) is 5.91 Å². The first kappa shape index (κ1) is 10.7. The van der Waals surface area contributed by atoms with E-state index in [0.717, 1.165) is 16.5 Å². The van der Waals surface area contributed by atoms with Crippen molar-refractivity contribution >= 4 is 16.7 Å². The van der Waals surface area contributed by atoms with Crippen molar-refractivity contribution in [1.82, 2.24) is 4.90 Å². The molecule has 0 saturated heterocycles. The highest BCUT2D eigenvalue weighted by Gasteiger charge is 2.12. The number of aryl methyl sites for hydroxylation is 1. The molecular formula is C14H15NO. The highest BCUT2D eigenvalue weighted by atomic mass is 16.2. The third kappa shape index (κ3) is 1.67. The van der Waals surface area contributed by atoms with E-state index in [1.54, 1.807) is 19.0 Å². The first-order valence-corrected chi connectivity index (χ1v) is 5.31. The van der Waals surface area contributed by atoms with Crippen LogP contribution in [0, 0.1) is 6.92 Å². The number of amides is 1. The van der Waals surface area contributed by atoms with Crippen LogP contribution < -0.4 is 0 Å². The van der Waals surface area contributed by atoms with Crippen LogP contribution in [0.25, 0.3) is 10.8 Å². The summed E-state index contributed by atoms with van der Waals surface area (Å²) >= 11 is 0. The summed E-state index contributed by atoms with van der Waals surface area (Å²) in [5.74, 6) is 0.0586. The van der Waals surface area contributed by atoms with E-state index in [1.807, 2.05) is 31.2 Å². The van der Waals surface area contributed by atoms with Gasteiger partial charge in [-0.1, -0.05) is 30.3 Å². The predicted molar refractivity (Wildman–Crippen MR) is 66.7 cm³/mol. The molecule has 0 saturated carbocycles. The molecule has 0 atom stereocenters. The maximum absolute atomic E-state index is 11.9. The van der Waals surface area contributed by atoms with Crippen LogP contribution >= 0.6 is 0 Å². The van der Waals surface area contributed by atoms with Crippen LogP contribution in [0.5, 0.6) is 0 Å². The zero-order chi connectivity index (χ0) is 11.7. The molecule has 2 aromatic carbocycles. The van der Waals surface area contributed by atoms with E-state index < -0.39 is 0 Å². The Morgan fingerprint density at radius 2 is 1.75 bits per heavy atom. The summed E-state index contributed by atoms with van der Waals surface area (Å²) in [4.78, 5) is 13.5. The largest absolute Gasteiger partial charge is 0.345 e. The quantitative estimate of drug-likeness (QED) is 0.713. The van der Waals surface area contributed by atoms with Gasteiger partial charge < -0.3 is 4.90 Å². The summed E-state index contributed by atoms with van der Waals surface area (Å²) in [6, 6.07) is 12.0. The number of nitrogens with zero attached hydrogens (tertiary/aromatic N) is 1. The highest BCUT2D eigenvalue weighted by molar-refractivity contribution is 6.01. The van der Waals surface area contributed by atoms with E-state index >= 15 is 0 Å². The Morgan fingerprint density at radius 1 is 1.06 bits per heavy atom. The van der Waals surface area contributed by atoms with Crippen LogP contribution in [-0.2, 0) is 0 Å². The fourth-order valence-corrected chi connectivity index (χ4v) is 1.90. The van der Waals surface area contributed by atoms with Gasteiger partial charge in [0.15, 0.2) is 0 Å². The minimum Gasteiger partial charge on any atom is -0.345 e. The summed E-state index contributed by atoms with van der Waals surface area (Å²) in [5.41, 5.74) is 1.83. The lowest BCUT2D eigenvalue weighted by atomic mass is 9.99. The Labute approximate surface area is 95.5 Å². The molecule has 16 heavy (non-hydrogen) atoms. The molecule has 0 unspecified atom stereocenters. The standard InChI is InChI=1S/C14H15NO/c1-10-12-7-5-4-6-11(12)8-9-13(10)14(16)15(2)3/h4-9H,1-3H3. The number of benzene rings is 2. The molecule has 0 N–H and O–H groups in total. The van der Waals surface area contributed by atoms with Gasteiger partial charge in [0.25, 0.3) is 5.91 Å². The Balaban J connectivity index is 2.65. The van der Waals surface area contributed by atoms with E-state index in [0.29, 0.717) is 0 Å². The lowest BCUT2D eigenvalue weighted by molar-refractivity contribution is 0.0827. The number of carbonyl (C=O) groups excluding carboxylic acids is 1. The van der Waals surface area contributed by atoms with E-state index in [1.165, 1.54) is 5.39 Å². The van der Waals surface area contributed by atoms with Gasteiger partial charge >= 0.3 is 0 Å². The van der Waals surface area contributed by atoms with Crippen LogP contribution in [-0.4, -0.2) is 24.9 Å². The number of fused-ring (bicyclic) bond motifs is 1. The fraction of sp³-hybridized carbons (Fsp3) is 0.214. The minimum atomic E-state index is 0.0586. The lowest BCUT2D eigenvalue weighted by Gasteiger charge is -2.13. The molecule has 0 aliphatic rings. The average molecular weight is 213 g/mol. The summed E-state index contributed by atoms with van der Waals surface area (Å²) in [5, 5.41) is 2.32. The molecule has 0 bridgehead atoms. The maximum Gasteiger partial charge on any atom is 0.253 e. The number of rotatable bonds is 1. The van der Waals surface area contributed by atoms with Crippen molar-refractivity contribution in [3.8, 4) is 0 Å². The fourth-order valence-electron chi connectivity index (χ4n) is 1.90. The summed E-state index contributed by atoms with van der Waals surface area (Å²) in [7, 11) is 3.55. The zero-order valence-corrected chi connectivity index (χ0v) is 9.82. The smallest absolute Gasteiger partial charge is 0.253 e. The molecule has 2 aromatic rings. The van der Waals surface area contributed by atoms with Gasteiger partial charge in [0.05, 0.1) is 0 Å². The van der Waals surface area contributed by atoms with Gasteiger partial charge in [-0.25, -0.2) is 0 Å². The number of hydrogen-bond donors (Lipinski definition) is 0. The van der Waals surface area contributed by atoms with Gasteiger partial charge in [-0.3, -0.25) is 4.79 Å². The topological polar surface area (TPSA) is 20.3 Å². The van der Waals surface area contributed by atoms with Gasteiger partial charge in [0.2, 0.25) is 0 Å². The van der Waals surface area contributed by atoms with E-state index in [2.05, 4.69) is 12.1 Å². The summed E-state index contributed by atoms with van der Waals surface area (Å²) in [6.45, 7) is 2.00. The lowest BCUT2D eigenvalue weighted by Crippen LogP contribution is -2.22. The summed E-state index contributed by atoms with van der Waals surface area (Å²) in [6.07, 6.45) is 0. The van der Waals surface area contributed by atoms with Crippen molar-refractivity contribution in [1.29, 1.82) is 0 Å². The van der Waals surface area contributed by atoms with Crippen molar-refractivity contribution in [2.24, 2.45) is 0 Å². The Kier molecular flexibility index (Phi) is 2.65. The second kappa shape index (κ2) is 3.97. The van der Waals surface area contributed by atoms with Crippen molar-refractivity contribution in [3.63, 3.8) is 0 Å². The second-order valence-electron chi connectivity index (χ2n) is 4.16. The Morgan fingerprint density at radius 3 is 2.44 bits per heavy atom. The number of hydrogen-bond acceptors (Lipinski definition) is 1. The molecule has 0 heterocycles. The molecule has 2 rings (SSSR count). The third-order valence-electron chi connectivity index (χ3n) is 2.83. The van der Waals surface area contributed by atoms with E-state index in [9.17, 15) is 4.79 Å². The van der Waals surface area contributed by atoms with Gasteiger partial charge in [-0.15, -0.1) is 0 Å². The minimum absolute atomic E-state index is 0.0586. The van der Waals surface area contributed by atoms with Crippen LogP contribution in [0.15, 0.2) is 36.4 Å². The molecule has 0 fully saturated rings.